The minimum absolute atomic E-state index is 0.757. The highest BCUT2D eigenvalue weighted by Crippen LogP contribution is 2.14. The molecule has 0 saturated heterocycles. The van der Waals surface area contributed by atoms with Gasteiger partial charge in [-0.2, -0.15) is 11.8 Å². The Morgan fingerprint density at radius 1 is 1.57 bits per heavy atom. The van der Waals surface area contributed by atoms with Gasteiger partial charge < -0.3 is 4.74 Å². The highest BCUT2D eigenvalue weighted by molar-refractivity contribution is 7.98. The van der Waals surface area contributed by atoms with Crippen molar-refractivity contribution in [2.24, 2.45) is 0 Å². The van der Waals surface area contributed by atoms with Crippen LogP contribution in [-0.2, 0) is 10.5 Å². The summed E-state index contributed by atoms with van der Waals surface area (Å²) in [6.07, 6.45) is 2.83. The molecule has 1 aromatic heterocycles. The van der Waals surface area contributed by atoms with Gasteiger partial charge in [-0.1, -0.05) is 11.6 Å². The van der Waals surface area contributed by atoms with Gasteiger partial charge in [-0.05, 0) is 24.3 Å². The van der Waals surface area contributed by atoms with E-state index >= 15 is 0 Å². The van der Waals surface area contributed by atoms with Crippen molar-refractivity contribution < 1.29 is 4.74 Å². The van der Waals surface area contributed by atoms with Crippen LogP contribution in [0.2, 0.25) is 5.02 Å². The van der Waals surface area contributed by atoms with Gasteiger partial charge in [0.15, 0.2) is 0 Å². The van der Waals surface area contributed by atoms with E-state index in [4.69, 9.17) is 16.3 Å². The van der Waals surface area contributed by atoms with Gasteiger partial charge in [0, 0.05) is 30.7 Å². The van der Waals surface area contributed by atoms with Gasteiger partial charge >= 0.3 is 0 Å². The third kappa shape index (κ3) is 4.84. The lowest BCUT2D eigenvalue weighted by molar-refractivity contribution is 0.200. The van der Waals surface area contributed by atoms with Crippen molar-refractivity contribution in [3.05, 3.63) is 29.0 Å². The van der Waals surface area contributed by atoms with E-state index in [1.807, 2.05) is 17.8 Å². The first-order valence-corrected chi connectivity index (χ1v) is 6.03. The topological polar surface area (TPSA) is 22.1 Å². The summed E-state index contributed by atoms with van der Waals surface area (Å²) >= 11 is 7.69. The Labute approximate surface area is 94.0 Å². The number of pyridine rings is 1. The van der Waals surface area contributed by atoms with Gasteiger partial charge in [0.1, 0.15) is 0 Å². The molecule has 0 atom stereocenters. The van der Waals surface area contributed by atoms with Crippen molar-refractivity contribution in [2.45, 2.75) is 12.2 Å². The third-order valence-electron chi connectivity index (χ3n) is 1.67. The number of methoxy groups -OCH3 is 1. The zero-order valence-electron chi connectivity index (χ0n) is 8.20. The van der Waals surface area contributed by atoms with E-state index in [0.29, 0.717) is 0 Å². The summed E-state index contributed by atoms with van der Waals surface area (Å²) in [7, 11) is 1.73. The maximum Gasteiger partial charge on any atom is 0.0517 e. The van der Waals surface area contributed by atoms with Crippen LogP contribution in [0.25, 0.3) is 0 Å². The lowest BCUT2D eigenvalue weighted by atomic mass is 10.4. The first kappa shape index (κ1) is 11.8. The molecule has 0 aliphatic heterocycles. The van der Waals surface area contributed by atoms with Crippen LogP contribution in [-0.4, -0.2) is 24.5 Å². The average molecular weight is 232 g/mol. The van der Waals surface area contributed by atoms with Gasteiger partial charge in [0.05, 0.1) is 5.69 Å². The molecule has 0 unspecified atom stereocenters. The van der Waals surface area contributed by atoms with Crippen molar-refractivity contribution in [1.29, 1.82) is 0 Å². The van der Waals surface area contributed by atoms with Crippen LogP contribution < -0.4 is 0 Å². The third-order valence-corrected chi connectivity index (χ3v) is 2.98. The lowest BCUT2D eigenvalue weighted by Crippen LogP contribution is -1.92. The van der Waals surface area contributed by atoms with Crippen LogP contribution in [0.1, 0.15) is 12.1 Å². The Balaban J connectivity index is 2.18. The molecular weight excluding hydrogens is 218 g/mol. The summed E-state index contributed by atoms with van der Waals surface area (Å²) in [5.74, 6) is 2.02. The number of nitrogens with zero attached hydrogens (tertiary/aromatic N) is 1. The van der Waals surface area contributed by atoms with E-state index in [1.54, 1.807) is 19.4 Å². The molecule has 2 nitrogen and oxygen atoms in total. The molecular formula is C10H14ClNOS. The van der Waals surface area contributed by atoms with Crippen LogP contribution >= 0.6 is 23.4 Å². The number of thioether (sulfide) groups is 1. The van der Waals surface area contributed by atoms with Crippen LogP contribution in [0, 0.1) is 0 Å². The predicted molar refractivity (Wildman–Crippen MR) is 61.9 cm³/mol. The van der Waals surface area contributed by atoms with E-state index in [0.717, 1.165) is 35.2 Å². The molecule has 0 aliphatic rings. The standard InChI is InChI=1S/C10H14ClNOS/c1-13-5-2-6-14-8-10-7-9(11)3-4-12-10/h3-4,7H,2,5-6,8H2,1H3. The summed E-state index contributed by atoms with van der Waals surface area (Å²) in [5, 5.41) is 0.757. The zero-order valence-corrected chi connectivity index (χ0v) is 9.77. The molecule has 78 valence electrons. The van der Waals surface area contributed by atoms with Gasteiger partial charge in [-0.15, -0.1) is 0 Å². The summed E-state index contributed by atoms with van der Waals surface area (Å²) in [6, 6.07) is 3.70. The highest BCUT2D eigenvalue weighted by Gasteiger charge is 1.96. The molecule has 0 saturated carbocycles. The van der Waals surface area contributed by atoms with Gasteiger partial charge in [0.25, 0.3) is 0 Å². The Morgan fingerprint density at radius 2 is 2.43 bits per heavy atom. The number of halogens is 1. The van der Waals surface area contributed by atoms with Crippen LogP contribution in [0.4, 0.5) is 0 Å². The molecule has 0 aliphatic carbocycles. The largest absolute Gasteiger partial charge is 0.385 e. The van der Waals surface area contributed by atoms with E-state index in [9.17, 15) is 0 Å². The molecule has 14 heavy (non-hydrogen) atoms. The predicted octanol–water partition coefficient (Wildman–Crippen LogP) is 3.00. The fourth-order valence-electron chi connectivity index (χ4n) is 1.01. The normalized spacial score (nSPS) is 10.4. The molecule has 0 radical (unpaired) electrons. The molecule has 0 amide bonds. The van der Waals surface area contributed by atoms with Gasteiger partial charge in [-0.3, -0.25) is 4.98 Å². The molecule has 0 spiro atoms. The molecule has 0 N–H and O–H groups in total. The minimum atomic E-state index is 0.757. The van der Waals surface area contributed by atoms with Gasteiger partial charge in [-0.25, -0.2) is 0 Å². The summed E-state index contributed by atoms with van der Waals surface area (Å²) < 4.78 is 4.96. The summed E-state index contributed by atoms with van der Waals surface area (Å²) in [5.41, 5.74) is 1.04. The van der Waals surface area contributed by atoms with Crippen LogP contribution in [0.3, 0.4) is 0 Å². The maximum atomic E-state index is 5.84. The minimum Gasteiger partial charge on any atom is -0.385 e. The molecule has 0 fully saturated rings. The monoisotopic (exact) mass is 231 g/mol. The number of hydrogen-bond donors (Lipinski definition) is 0. The number of rotatable bonds is 6. The van der Waals surface area contributed by atoms with Crippen molar-refractivity contribution in [1.82, 2.24) is 4.98 Å². The van der Waals surface area contributed by atoms with Crippen LogP contribution in [0.5, 0.6) is 0 Å². The Bertz CT molecular complexity index is 270. The smallest absolute Gasteiger partial charge is 0.0517 e. The first-order chi connectivity index (χ1) is 6.83. The van der Waals surface area contributed by atoms with E-state index in [1.165, 1.54) is 0 Å². The Kier molecular flexibility index (Phi) is 5.99. The fraction of sp³-hybridized carbons (Fsp3) is 0.500. The number of aromatic nitrogens is 1. The highest BCUT2D eigenvalue weighted by atomic mass is 35.5. The van der Waals surface area contributed by atoms with E-state index in [-0.39, 0.29) is 0 Å². The second-order valence-corrected chi connectivity index (χ2v) is 4.41. The SMILES string of the molecule is COCCCSCc1cc(Cl)ccn1. The van der Waals surface area contributed by atoms with Crippen molar-refractivity contribution in [3.8, 4) is 0 Å². The molecule has 1 heterocycles. The average Bonchev–Trinajstić information content (AvgIpc) is 2.18. The van der Waals surface area contributed by atoms with Gasteiger partial charge in [0.2, 0.25) is 0 Å². The van der Waals surface area contributed by atoms with E-state index in [2.05, 4.69) is 4.98 Å². The number of hydrogen-bond acceptors (Lipinski definition) is 3. The molecule has 1 aromatic rings. The van der Waals surface area contributed by atoms with Crippen LogP contribution in [0.15, 0.2) is 18.3 Å². The molecule has 1 rings (SSSR count). The summed E-state index contributed by atoms with van der Waals surface area (Å²) in [4.78, 5) is 4.22. The maximum absolute atomic E-state index is 5.84. The quantitative estimate of drug-likeness (QED) is 0.703. The zero-order chi connectivity index (χ0) is 10.2. The van der Waals surface area contributed by atoms with E-state index < -0.39 is 0 Å². The molecule has 0 bridgehead atoms. The summed E-state index contributed by atoms with van der Waals surface area (Å²) in [6.45, 7) is 0.829. The Morgan fingerprint density at radius 3 is 3.14 bits per heavy atom. The van der Waals surface area contributed by atoms with Crippen molar-refractivity contribution in [2.75, 3.05) is 19.5 Å². The molecule has 4 heteroatoms. The fourth-order valence-corrected chi connectivity index (χ4v) is 2.03. The second-order valence-electron chi connectivity index (χ2n) is 2.86. The Hall–Kier alpha value is -0.250. The lowest BCUT2D eigenvalue weighted by Gasteiger charge is -2.01. The first-order valence-electron chi connectivity index (χ1n) is 4.50. The van der Waals surface area contributed by atoms with Crippen molar-refractivity contribution >= 4 is 23.4 Å². The number of ether oxygens (including phenoxy) is 1. The van der Waals surface area contributed by atoms with Crippen molar-refractivity contribution in [3.63, 3.8) is 0 Å². The molecule has 0 aromatic carbocycles. The second kappa shape index (κ2) is 7.10.